The number of hydrogen-bond acceptors (Lipinski definition) is 3. The third-order valence-corrected chi connectivity index (χ3v) is 2.41. The summed E-state index contributed by atoms with van der Waals surface area (Å²) in [5.74, 6) is 0.539. The summed E-state index contributed by atoms with van der Waals surface area (Å²) >= 11 is 5.83. The van der Waals surface area contributed by atoms with E-state index in [1.54, 1.807) is 18.2 Å². The normalized spacial score (nSPS) is 9.72. The summed E-state index contributed by atoms with van der Waals surface area (Å²) in [5, 5.41) is 5.66. The van der Waals surface area contributed by atoms with Gasteiger partial charge in [-0.1, -0.05) is 11.6 Å². The minimum absolute atomic E-state index is 0.0237. The highest BCUT2D eigenvalue weighted by Crippen LogP contribution is 2.27. The quantitative estimate of drug-likeness (QED) is 0.864. The van der Waals surface area contributed by atoms with E-state index in [1.165, 1.54) is 14.0 Å². The van der Waals surface area contributed by atoms with E-state index in [0.717, 1.165) is 0 Å². The highest BCUT2D eigenvalue weighted by Gasteiger charge is 2.07. The lowest BCUT2D eigenvalue weighted by Crippen LogP contribution is -2.30. The van der Waals surface area contributed by atoms with Crippen LogP contribution in [0.4, 0.5) is 10.5 Å². The first-order chi connectivity index (χ1) is 8.52. The Kier molecular flexibility index (Phi) is 5.45. The molecule has 0 aliphatic heterocycles. The van der Waals surface area contributed by atoms with E-state index in [9.17, 15) is 9.59 Å². The van der Waals surface area contributed by atoms with Crippen molar-refractivity contribution in [2.75, 3.05) is 19.0 Å². The second-order valence-corrected chi connectivity index (χ2v) is 4.11. The van der Waals surface area contributed by atoms with Gasteiger partial charge in [0.2, 0.25) is 0 Å². The van der Waals surface area contributed by atoms with Crippen molar-refractivity contribution in [2.24, 2.45) is 0 Å². The zero-order valence-electron chi connectivity index (χ0n) is 10.2. The number of ether oxygens (including phenoxy) is 1. The minimum Gasteiger partial charge on any atom is -0.495 e. The van der Waals surface area contributed by atoms with E-state index in [2.05, 4.69) is 10.6 Å². The molecule has 0 saturated carbocycles. The Morgan fingerprint density at radius 2 is 2.11 bits per heavy atom. The number of urea groups is 1. The van der Waals surface area contributed by atoms with Crippen molar-refractivity contribution in [1.29, 1.82) is 0 Å². The fraction of sp³-hybridized carbons (Fsp3) is 0.333. The monoisotopic (exact) mass is 270 g/mol. The van der Waals surface area contributed by atoms with Crippen LogP contribution in [0.1, 0.15) is 13.3 Å². The predicted molar refractivity (Wildman–Crippen MR) is 70.3 cm³/mol. The summed E-state index contributed by atoms with van der Waals surface area (Å²) < 4.78 is 5.09. The summed E-state index contributed by atoms with van der Waals surface area (Å²) in [6, 6.07) is 4.51. The predicted octanol–water partition coefficient (Wildman–Crippen LogP) is 2.45. The zero-order chi connectivity index (χ0) is 13.5. The van der Waals surface area contributed by atoms with Crippen LogP contribution in [-0.4, -0.2) is 25.5 Å². The van der Waals surface area contributed by atoms with Gasteiger partial charge in [-0.15, -0.1) is 0 Å². The second kappa shape index (κ2) is 6.86. The lowest BCUT2D eigenvalue weighted by atomic mass is 10.3. The maximum Gasteiger partial charge on any atom is 0.319 e. The fourth-order valence-corrected chi connectivity index (χ4v) is 1.47. The van der Waals surface area contributed by atoms with Crippen LogP contribution >= 0.6 is 11.6 Å². The maximum atomic E-state index is 11.5. The van der Waals surface area contributed by atoms with Gasteiger partial charge in [0.05, 0.1) is 12.8 Å². The number of halogens is 1. The third-order valence-electron chi connectivity index (χ3n) is 2.17. The molecule has 5 nitrogen and oxygen atoms in total. The zero-order valence-corrected chi connectivity index (χ0v) is 11.0. The standard InChI is InChI=1S/C12H15ClN2O3/c1-8(16)5-6-14-12(17)15-10-7-9(13)3-4-11(10)18-2/h3-4,7H,5-6H2,1-2H3,(H2,14,15,17). The van der Waals surface area contributed by atoms with Gasteiger partial charge in [-0.3, -0.25) is 4.79 Å². The first kappa shape index (κ1) is 14.3. The number of hydrogen-bond donors (Lipinski definition) is 2. The maximum absolute atomic E-state index is 11.5. The van der Waals surface area contributed by atoms with E-state index < -0.39 is 6.03 Å². The summed E-state index contributed by atoms with van der Waals surface area (Å²) in [5.41, 5.74) is 0.477. The molecule has 0 fully saturated rings. The van der Waals surface area contributed by atoms with Gasteiger partial charge in [0.15, 0.2) is 0 Å². The summed E-state index contributed by atoms with van der Waals surface area (Å²) in [4.78, 5) is 22.3. The molecular formula is C12H15ClN2O3. The topological polar surface area (TPSA) is 67.4 Å². The number of amides is 2. The lowest BCUT2D eigenvalue weighted by molar-refractivity contribution is -0.116. The first-order valence-corrected chi connectivity index (χ1v) is 5.78. The molecule has 0 aliphatic rings. The van der Waals surface area contributed by atoms with Crippen molar-refractivity contribution in [3.63, 3.8) is 0 Å². The number of nitrogens with one attached hydrogen (secondary N) is 2. The SMILES string of the molecule is COc1ccc(Cl)cc1NC(=O)NCCC(C)=O. The molecule has 6 heteroatoms. The van der Waals surface area contributed by atoms with Gasteiger partial charge in [-0.05, 0) is 25.1 Å². The molecule has 0 aromatic heterocycles. The molecule has 0 unspecified atom stereocenters. The Balaban J connectivity index is 2.58. The van der Waals surface area contributed by atoms with Crippen LogP contribution in [0.25, 0.3) is 0 Å². The molecule has 0 bridgehead atoms. The summed E-state index contributed by atoms with van der Waals surface area (Å²) in [7, 11) is 1.50. The molecule has 98 valence electrons. The van der Waals surface area contributed by atoms with Gasteiger partial charge >= 0.3 is 6.03 Å². The molecule has 0 aliphatic carbocycles. The van der Waals surface area contributed by atoms with Crippen molar-refractivity contribution in [2.45, 2.75) is 13.3 Å². The van der Waals surface area contributed by atoms with Gasteiger partial charge in [0, 0.05) is 18.0 Å². The molecule has 0 spiro atoms. The van der Waals surface area contributed by atoms with Gasteiger partial charge in [0.1, 0.15) is 11.5 Å². The van der Waals surface area contributed by atoms with E-state index in [4.69, 9.17) is 16.3 Å². The van der Waals surface area contributed by atoms with Gasteiger partial charge in [-0.2, -0.15) is 0 Å². The van der Waals surface area contributed by atoms with Gasteiger partial charge in [0.25, 0.3) is 0 Å². The number of ketones is 1. The largest absolute Gasteiger partial charge is 0.495 e. The van der Waals surface area contributed by atoms with Crippen molar-refractivity contribution < 1.29 is 14.3 Å². The molecule has 0 atom stereocenters. The lowest BCUT2D eigenvalue weighted by Gasteiger charge is -2.11. The smallest absolute Gasteiger partial charge is 0.319 e. The Hall–Kier alpha value is -1.75. The van der Waals surface area contributed by atoms with Crippen LogP contribution < -0.4 is 15.4 Å². The van der Waals surface area contributed by atoms with Crippen LogP contribution in [0.5, 0.6) is 5.75 Å². The Labute approximate surface area is 110 Å². The Morgan fingerprint density at radius 1 is 1.39 bits per heavy atom. The van der Waals surface area contributed by atoms with Crippen LogP contribution in [0.3, 0.4) is 0 Å². The van der Waals surface area contributed by atoms with Crippen molar-refractivity contribution in [1.82, 2.24) is 5.32 Å². The number of anilines is 1. The highest BCUT2D eigenvalue weighted by atomic mass is 35.5. The van der Waals surface area contributed by atoms with Crippen molar-refractivity contribution in [3.05, 3.63) is 23.2 Å². The molecule has 18 heavy (non-hydrogen) atoms. The van der Waals surface area contributed by atoms with Crippen LogP contribution in [-0.2, 0) is 4.79 Å². The molecule has 1 aromatic rings. The number of carbonyl (C=O) groups excluding carboxylic acids is 2. The highest BCUT2D eigenvalue weighted by molar-refractivity contribution is 6.31. The molecule has 0 heterocycles. The molecule has 1 aromatic carbocycles. The Morgan fingerprint density at radius 3 is 2.72 bits per heavy atom. The number of rotatable bonds is 5. The number of carbonyl (C=O) groups is 2. The molecule has 2 N–H and O–H groups in total. The molecule has 1 rings (SSSR count). The number of Topliss-reactive ketones (excluding diaryl/α,β-unsaturated/α-hetero) is 1. The van der Waals surface area contributed by atoms with Crippen LogP contribution in [0.15, 0.2) is 18.2 Å². The molecular weight excluding hydrogens is 256 g/mol. The van der Waals surface area contributed by atoms with E-state index in [0.29, 0.717) is 29.4 Å². The van der Waals surface area contributed by atoms with Crippen LogP contribution in [0.2, 0.25) is 5.02 Å². The molecule has 0 radical (unpaired) electrons. The van der Waals surface area contributed by atoms with Gasteiger partial charge < -0.3 is 15.4 Å². The average molecular weight is 271 g/mol. The first-order valence-electron chi connectivity index (χ1n) is 5.40. The van der Waals surface area contributed by atoms with Gasteiger partial charge in [-0.25, -0.2) is 4.79 Å². The minimum atomic E-state index is -0.406. The average Bonchev–Trinajstić information content (AvgIpc) is 2.28. The number of benzene rings is 1. The third kappa shape index (κ3) is 4.63. The van der Waals surface area contributed by atoms with Crippen molar-refractivity contribution >= 4 is 29.1 Å². The second-order valence-electron chi connectivity index (χ2n) is 3.68. The van der Waals surface area contributed by atoms with Crippen molar-refractivity contribution in [3.8, 4) is 5.75 Å². The van der Waals surface area contributed by atoms with E-state index in [-0.39, 0.29) is 5.78 Å². The van der Waals surface area contributed by atoms with Crippen LogP contribution in [0, 0.1) is 0 Å². The summed E-state index contributed by atoms with van der Waals surface area (Å²) in [6.07, 6.45) is 0.306. The number of methoxy groups -OCH3 is 1. The van der Waals surface area contributed by atoms with E-state index in [1.807, 2.05) is 0 Å². The van der Waals surface area contributed by atoms with E-state index >= 15 is 0 Å². The molecule has 0 saturated heterocycles. The fourth-order valence-electron chi connectivity index (χ4n) is 1.30. The summed E-state index contributed by atoms with van der Waals surface area (Å²) in [6.45, 7) is 1.77. The Bertz CT molecular complexity index is 449. The molecule has 2 amide bonds.